The van der Waals surface area contributed by atoms with E-state index in [0.717, 1.165) is 18.9 Å². The molecule has 1 aliphatic carbocycles. The van der Waals surface area contributed by atoms with Gasteiger partial charge in [-0.2, -0.15) is 0 Å². The minimum Gasteiger partial charge on any atom is -0.444 e. The predicted molar refractivity (Wildman–Crippen MR) is 96.7 cm³/mol. The first-order valence-corrected chi connectivity index (χ1v) is 8.58. The standard InChI is InChI=1S/C20H23F2NO4/c1-18(2,3)27-17(25)23-16-11-14(12-24)7-8-15(16)20(26,19(4,21)22)10-9-13-5-6-13/h7-8,11-13,26H,5-6H2,1-4H3,(H,23,25). The van der Waals surface area contributed by atoms with Crippen molar-refractivity contribution in [2.45, 2.75) is 57.7 Å². The van der Waals surface area contributed by atoms with Crippen LogP contribution in [-0.2, 0) is 10.3 Å². The van der Waals surface area contributed by atoms with Crippen molar-refractivity contribution >= 4 is 18.1 Å². The highest BCUT2D eigenvalue weighted by atomic mass is 19.3. The fourth-order valence-corrected chi connectivity index (χ4v) is 2.32. The number of aliphatic hydroxyl groups is 1. The molecule has 2 rings (SSSR count). The van der Waals surface area contributed by atoms with E-state index < -0.39 is 23.2 Å². The molecular weight excluding hydrogens is 356 g/mol. The Morgan fingerprint density at radius 2 is 1.93 bits per heavy atom. The number of anilines is 1. The molecular formula is C20H23F2NO4. The lowest BCUT2D eigenvalue weighted by atomic mass is 9.86. The number of rotatable bonds is 4. The van der Waals surface area contributed by atoms with Crippen LogP contribution in [0.3, 0.4) is 0 Å². The Hall–Kier alpha value is -2.46. The number of halogens is 2. The van der Waals surface area contributed by atoms with Gasteiger partial charge in [0, 0.05) is 24.0 Å². The Balaban J connectivity index is 2.51. The lowest BCUT2D eigenvalue weighted by Crippen LogP contribution is -2.43. The van der Waals surface area contributed by atoms with Crippen molar-refractivity contribution in [1.29, 1.82) is 0 Å². The molecule has 0 radical (unpaired) electrons. The van der Waals surface area contributed by atoms with Crippen molar-refractivity contribution in [3.63, 3.8) is 0 Å². The van der Waals surface area contributed by atoms with Gasteiger partial charge in [-0.3, -0.25) is 10.1 Å². The Morgan fingerprint density at radius 3 is 2.41 bits per heavy atom. The Morgan fingerprint density at radius 1 is 1.30 bits per heavy atom. The van der Waals surface area contributed by atoms with Gasteiger partial charge in [0.25, 0.3) is 5.92 Å². The summed E-state index contributed by atoms with van der Waals surface area (Å²) in [7, 11) is 0. The number of benzene rings is 1. The zero-order chi connectivity index (χ0) is 20.5. The van der Waals surface area contributed by atoms with Crippen molar-refractivity contribution in [3.8, 4) is 11.8 Å². The molecule has 1 aromatic carbocycles. The van der Waals surface area contributed by atoms with Crippen molar-refractivity contribution < 1.29 is 28.2 Å². The third-order valence-electron chi connectivity index (χ3n) is 3.87. The van der Waals surface area contributed by atoms with Gasteiger partial charge in [0.1, 0.15) is 11.9 Å². The molecule has 1 aromatic rings. The second-order valence-corrected chi connectivity index (χ2v) is 7.69. The number of alkyl halides is 2. The lowest BCUT2D eigenvalue weighted by molar-refractivity contribution is -0.140. The third kappa shape index (κ3) is 5.27. The van der Waals surface area contributed by atoms with Crippen LogP contribution >= 0.6 is 0 Å². The van der Waals surface area contributed by atoms with E-state index in [9.17, 15) is 23.5 Å². The number of amides is 1. The molecule has 1 fully saturated rings. The van der Waals surface area contributed by atoms with Gasteiger partial charge in [-0.15, -0.1) is 0 Å². The number of carbonyl (C=O) groups is 2. The van der Waals surface area contributed by atoms with E-state index in [-0.39, 0.29) is 22.7 Å². The van der Waals surface area contributed by atoms with Gasteiger partial charge in [-0.1, -0.05) is 24.0 Å². The van der Waals surface area contributed by atoms with Crippen molar-refractivity contribution in [1.82, 2.24) is 0 Å². The van der Waals surface area contributed by atoms with E-state index in [4.69, 9.17) is 4.74 Å². The van der Waals surface area contributed by atoms with Crippen LogP contribution in [0.4, 0.5) is 19.3 Å². The summed E-state index contributed by atoms with van der Waals surface area (Å²) in [6, 6.07) is 3.63. The fraction of sp³-hybridized carbons (Fsp3) is 0.500. The number of nitrogens with one attached hydrogen (secondary N) is 1. The average molecular weight is 379 g/mol. The maximum atomic E-state index is 14.3. The van der Waals surface area contributed by atoms with Crippen molar-refractivity contribution in [2.24, 2.45) is 5.92 Å². The number of hydrogen-bond acceptors (Lipinski definition) is 4. The van der Waals surface area contributed by atoms with E-state index in [1.165, 1.54) is 12.1 Å². The van der Waals surface area contributed by atoms with Crippen LogP contribution in [0.15, 0.2) is 18.2 Å². The van der Waals surface area contributed by atoms with Crippen LogP contribution in [0.5, 0.6) is 0 Å². The van der Waals surface area contributed by atoms with Gasteiger partial charge in [-0.05, 0) is 39.7 Å². The summed E-state index contributed by atoms with van der Waals surface area (Å²) in [5.41, 5.74) is -3.98. The monoisotopic (exact) mass is 379 g/mol. The Labute approximate surface area is 157 Å². The Bertz CT molecular complexity index is 795. The predicted octanol–water partition coefficient (Wildman–Crippen LogP) is 4.10. The number of hydrogen-bond donors (Lipinski definition) is 2. The summed E-state index contributed by atoms with van der Waals surface area (Å²) in [6.45, 7) is 5.49. The molecule has 27 heavy (non-hydrogen) atoms. The summed E-state index contributed by atoms with van der Waals surface area (Å²) < 4.78 is 33.8. The molecule has 1 atom stereocenters. The molecule has 7 heteroatoms. The van der Waals surface area contributed by atoms with Gasteiger partial charge in [0.2, 0.25) is 5.60 Å². The summed E-state index contributed by atoms with van der Waals surface area (Å²) in [5.74, 6) is 1.30. The second kappa shape index (κ2) is 7.28. The molecule has 0 saturated heterocycles. The van der Waals surface area contributed by atoms with Crippen molar-refractivity contribution in [3.05, 3.63) is 29.3 Å². The van der Waals surface area contributed by atoms with Gasteiger partial charge >= 0.3 is 6.09 Å². The smallest absolute Gasteiger partial charge is 0.412 e. The summed E-state index contributed by atoms with van der Waals surface area (Å²) >= 11 is 0. The van der Waals surface area contributed by atoms with E-state index in [0.29, 0.717) is 13.2 Å². The maximum Gasteiger partial charge on any atom is 0.412 e. The highest BCUT2D eigenvalue weighted by molar-refractivity contribution is 5.89. The SMILES string of the molecule is CC(C)(C)OC(=O)Nc1cc(C=O)ccc1C(O)(C#CC1CC1)C(C)(F)F. The molecule has 2 N–H and O–H groups in total. The van der Waals surface area contributed by atoms with Gasteiger partial charge in [-0.25, -0.2) is 13.6 Å². The molecule has 0 aromatic heterocycles. The highest BCUT2D eigenvalue weighted by Crippen LogP contribution is 2.41. The summed E-state index contributed by atoms with van der Waals surface area (Å²) in [5, 5.41) is 13.1. The summed E-state index contributed by atoms with van der Waals surface area (Å²) in [4.78, 5) is 23.2. The Kier molecular flexibility index (Phi) is 5.62. The topological polar surface area (TPSA) is 75.6 Å². The molecule has 5 nitrogen and oxygen atoms in total. The molecule has 1 amide bonds. The zero-order valence-electron chi connectivity index (χ0n) is 15.7. The summed E-state index contributed by atoms with van der Waals surface area (Å²) in [6.07, 6.45) is 1.20. The van der Waals surface area contributed by atoms with Crippen LogP contribution < -0.4 is 5.32 Å². The first-order valence-electron chi connectivity index (χ1n) is 8.58. The molecule has 0 aliphatic heterocycles. The molecule has 0 heterocycles. The van der Waals surface area contributed by atoms with Crippen LogP contribution in [0, 0.1) is 17.8 Å². The van der Waals surface area contributed by atoms with E-state index in [1.54, 1.807) is 20.8 Å². The van der Waals surface area contributed by atoms with E-state index in [1.807, 2.05) is 0 Å². The van der Waals surface area contributed by atoms with E-state index in [2.05, 4.69) is 17.2 Å². The fourth-order valence-electron chi connectivity index (χ4n) is 2.32. The van der Waals surface area contributed by atoms with Crippen LogP contribution in [0.2, 0.25) is 0 Å². The molecule has 1 aliphatic rings. The molecule has 1 saturated carbocycles. The van der Waals surface area contributed by atoms with Crippen molar-refractivity contribution in [2.75, 3.05) is 5.32 Å². The average Bonchev–Trinajstić information content (AvgIpc) is 3.33. The minimum absolute atomic E-state index is 0.0182. The minimum atomic E-state index is -3.62. The third-order valence-corrected chi connectivity index (χ3v) is 3.87. The van der Waals surface area contributed by atoms with Crippen LogP contribution in [-0.4, -0.2) is 29.0 Å². The quantitative estimate of drug-likeness (QED) is 0.610. The zero-order valence-corrected chi connectivity index (χ0v) is 15.7. The number of carbonyl (C=O) groups excluding carboxylic acids is 2. The molecule has 0 spiro atoms. The number of ether oxygens (including phenoxy) is 1. The van der Waals surface area contributed by atoms with E-state index >= 15 is 0 Å². The lowest BCUT2D eigenvalue weighted by Gasteiger charge is -2.31. The van der Waals surface area contributed by atoms with Gasteiger partial charge in [0.15, 0.2) is 0 Å². The molecule has 0 bridgehead atoms. The maximum absolute atomic E-state index is 14.3. The first-order chi connectivity index (χ1) is 12.4. The largest absolute Gasteiger partial charge is 0.444 e. The first kappa shape index (κ1) is 20.8. The molecule has 146 valence electrons. The van der Waals surface area contributed by atoms with Crippen LogP contribution in [0.25, 0.3) is 0 Å². The molecule has 1 unspecified atom stereocenters. The highest BCUT2D eigenvalue weighted by Gasteiger charge is 2.51. The number of aldehydes is 1. The van der Waals surface area contributed by atoms with Gasteiger partial charge < -0.3 is 9.84 Å². The normalized spacial score (nSPS) is 16.6. The second-order valence-electron chi connectivity index (χ2n) is 7.69. The van der Waals surface area contributed by atoms with Crippen LogP contribution in [0.1, 0.15) is 56.5 Å². The van der Waals surface area contributed by atoms with Gasteiger partial charge in [0.05, 0.1) is 5.69 Å².